The van der Waals surface area contributed by atoms with Crippen molar-refractivity contribution >= 4 is 12.0 Å². The second-order valence-corrected chi connectivity index (χ2v) is 5.45. The number of aromatic hydroxyl groups is 1. The fraction of sp³-hybridized carbons (Fsp3) is 0.562. The van der Waals surface area contributed by atoms with Crippen molar-refractivity contribution in [2.75, 3.05) is 19.1 Å². The quantitative estimate of drug-likeness (QED) is 0.709. The topological polar surface area (TPSA) is 49.8 Å². The number of phenols is 1. The van der Waals surface area contributed by atoms with E-state index in [-0.39, 0.29) is 64.2 Å². The maximum absolute atomic E-state index is 11.5. The first-order chi connectivity index (χ1) is 9.63. The van der Waals surface area contributed by atoms with Crippen LogP contribution in [-0.4, -0.2) is 31.8 Å². The summed E-state index contributed by atoms with van der Waals surface area (Å²) in [5.41, 5.74) is 2.04. The number of methoxy groups -OCH3 is 1. The molecule has 1 heterocycles. The van der Waals surface area contributed by atoms with Crippen LogP contribution in [0.1, 0.15) is 37.7 Å². The van der Waals surface area contributed by atoms with Crippen molar-refractivity contribution in [1.29, 1.82) is 0 Å². The molecule has 2 rings (SSSR count). The Bertz CT molecular complexity index is 481. The second-order valence-electron chi connectivity index (χ2n) is 5.45. The number of benzene rings is 1. The third kappa shape index (κ3) is 3.76. The van der Waals surface area contributed by atoms with Crippen LogP contribution in [0.5, 0.6) is 5.75 Å². The SMILES string of the molecule is CCCCC(C=O)C1c2cc(O)ccc2N(C)C1OC.[Sm]. The van der Waals surface area contributed by atoms with Crippen LogP contribution in [0, 0.1) is 46.3 Å². The summed E-state index contributed by atoms with van der Waals surface area (Å²) in [6.45, 7) is 2.12. The minimum absolute atomic E-state index is 0. The Morgan fingerprint density at radius 3 is 2.76 bits per heavy atom. The number of rotatable bonds is 6. The number of likely N-dealkylation sites (N-methyl/N-ethyl adjacent to an activating group) is 1. The Morgan fingerprint density at radius 2 is 2.19 bits per heavy atom. The maximum atomic E-state index is 11.5. The zero-order chi connectivity index (χ0) is 14.7. The number of carbonyl (C=O) groups excluding carboxylic acids is 1. The molecule has 4 nitrogen and oxygen atoms in total. The van der Waals surface area contributed by atoms with Gasteiger partial charge in [0, 0.05) is 72.1 Å². The van der Waals surface area contributed by atoms with Crippen molar-refractivity contribution in [3.8, 4) is 5.75 Å². The van der Waals surface area contributed by atoms with E-state index in [2.05, 4.69) is 6.92 Å². The van der Waals surface area contributed by atoms with Gasteiger partial charge >= 0.3 is 0 Å². The van der Waals surface area contributed by atoms with Crippen molar-refractivity contribution in [2.45, 2.75) is 38.3 Å². The zero-order valence-electron chi connectivity index (χ0n) is 12.8. The van der Waals surface area contributed by atoms with Crippen LogP contribution in [0.2, 0.25) is 0 Å². The predicted octanol–water partition coefficient (Wildman–Crippen LogP) is 2.90. The number of phenolic OH excluding ortho intramolecular Hbond substituents is 1. The van der Waals surface area contributed by atoms with Crippen LogP contribution in [-0.2, 0) is 9.53 Å². The van der Waals surface area contributed by atoms with Crippen LogP contribution in [0.25, 0.3) is 0 Å². The van der Waals surface area contributed by atoms with Gasteiger partial charge in [0.05, 0.1) is 0 Å². The minimum Gasteiger partial charge on any atom is -0.508 e. The maximum Gasteiger partial charge on any atom is 0.137 e. The standard InChI is InChI=1S/C16H23NO3.Sm/c1-4-5-6-11(10-18)15-13-9-12(19)7-8-14(13)17(2)16(15)20-3;/h7-11,15-16,19H,4-6H2,1-3H3;. The van der Waals surface area contributed by atoms with Crippen LogP contribution >= 0.6 is 0 Å². The van der Waals surface area contributed by atoms with Crippen molar-refractivity contribution in [3.05, 3.63) is 23.8 Å². The monoisotopic (exact) mass is 429 g/mol. The van der Waals surface area contributed by atoms with Gasteiger partial charge in [0.25, 0.3) is 0 Å². The molecule has 0 aromatic heterocycles. The summed E-state index contributed by atoms with van der Waals surface area (Å²) in [5.74, 6) is 0.139. The molecular weight excluding hydrogens is 405 g/mol. The predicted molar refractivity (Wildman–Crippen MR) is 79.1 cm³/mol. The number of carbonyl (C=O) groups is 1. The van der Waals surface area contributed by atoms with Gasteiger partial charge in [-0.05, 0) is 30.2 Å². The molecule has 0 fully saturated rings. The van der Waals surface area contributed by atoms with E-state index in [1.165, 1.54) is 0 Å². The first kappa shape index (κ1) is 18.8. The Balaban J connectivity index is 0.00000220. The molecule has 1 N–H and O–H groups in total. The summed E-state index contributed by atoms with van der Waals surface area (Å²) >= 11 is 0. The van der Waals surface area contributed by atoms with Crippen LogP contribution in [0.3, 0.4) is 0 Å². The van der Waals surface area contributed by atoms with Crippen molar-refractivity contribution in [1.82, 2.24) is 0 Å². The molecule has 0 aliphatic carbocycles. The van der Waals surface area contributed by atoms with Gasteiger partial charge in [0.2, 0.25) is 0 Å². The van der Waals surface area contributed by atoms with E-state index in [1.807, 2.05) is 18.0 Å². The van der Waals surface area contributed by atoms with Gasteiger partial charge < -0.3 is 19.5 Å². The zero-order valence-corrected chi connectivity index (χ0v) is 15.4. The van der Waals surface area contributed by atoms with Gasteiger partial charge in [-0.15, -0.1) is 0 Å². The molecule has 1 aromatic rings. The van der Waals surface area contributed by atoms with Gasteiger partial charge in [0.15, 0.2) is 0 Å². The van der Waals surface area contributed by atoms with Crippen molar-refractivity contribution in [3.63, 3.8) is 0 Å². The molecule has 0 radical (unpaired) electrons. The smallest absolute Gasteiger partial charge is 0.137 e. The summed E-state index contributed by atoms with van der Waals surface area (Å²) in [6.07, 6.45) is 3.83. The third-order valence-electron chi connectivity index (χ3n) is 4.21. The molecule has 3 unspecified atom stereocenters. The molecule has 0 saturated heterocycles. The third-order valence-corrected chi connectivity index (χ3v) is 4.21. The van der Waals surface area contributed by atoms with E-state index in [4.69, 9.17) is 4.74 Å². The van der Waals surface area contributed by atoms with E-state index in [0.717, 1.165) is 36.8 Å². The number of ether oxygens (including phenoxy) is 1. The average molecular weight is 428 g/mol. The first-order valence-corrected chi connectivity index (χ1v) is 7.17. The first-order valence-electron chi connectivity index (χ1n) is 7.17. The van der Waals surface area contributed by atoms with E-state index in [0.29, 0.717) is 0 Å². The Kier molecular flexibility index (Phi) is 7.56. The Labute approximate surface area is 159 Å². The summed E-state index contributed by atoms with van der Waals surface area (Å²) in [4.78, 5) is 13.6. The molecular formula is C16H23NO3Sm. The Morgan fingerprint density at radius 1 is 1.48 bits per heavy atom. The molecule has 3 atom stereocenters. The molecule has 5 heteroatoms. The number of hydrogen-bond donors (Lipinski definition) is 1. The molecule has 1 aliphatic heterocycles. The number of anilines is 1. The molecule has 0 saturated carbocycles. The van der Waals surface area contributed by atoms with Gasteiger partial charge in [-0.2, -0.15) is 0 Å². The normalized spacial score (nSPS) is 21.6. The second kappa shape index (κ2) is 8.43. The average Bonchev–Trinajstić information content (AvgIpc) is 2.72. The molecule has 116 valence electrons. The van der Waals surface area contributed by atoms with Gasteiger partial charge in [-0.25, -0.2) is 0 Å². The Hall–Kier alpha value is -0.212. The van der Waals surface area contributed by atoms with Crippen LogP contribution in [0.15, 0.2) is 18.2 Å². The van der Waals surface area contributed by atoms with E-state index < -0.39 is 0 Å². The summed E-state index contributed by atoms with van der Waals surface area (Å²) in [6, 6.07) is 5.32. The molecule has 21 heavy (non-hydrogen) atoms. The van der Waals surface area contributed by atoms with Gasteiger partial charge in [-0.3, -0.25) is 0 Å². The minimum atomic E-state index is -0.154. The summed E-state index contributed by atoms with van der Waals surface area (Å²) in [5, 5.41) is 9.74. The number of fused-ring (bicyclic) bond motifs is 1. The molecule has 0 spiro atoms. The fourth-order valence-corrected chi connectivity index (χ4v) is 3.18. The number of unbranched alkanes of at least 4 members (excludes halogenated alkanes) is 1. The van der Waals surface area contributed by atoms with Gasteiger partial charge in [0.1, 0.15) is 18.3 Å². The molecule has 1 aromatic carbocycles. The summed E-state index contributed by atoms with van der Waals surface area (Å²) < 4.78 is 5.61. The molecule has 1 aliphatic rings. The van der Waals surface area contributed by atoms with Crippen molar-refractivity contribution in [2.24, 2.45) is 5.92 Å². The van der Waals surface area contributed by atoms with Crippen LogP contribution < -0.4 is 4.90 Å². The van der Waals surface area contributed by atoms with Crippen molar-refractivity contribution < 1.29 is 55.0 Å². The van der Waals surface area contributed by atoms with E-state index >= 15 is 0 Å². The largest absolute Gasteiger partial charge is 0.508 e. The molecule has 0 amide bonds. The van der Waals surface area contributed by atoms with Gasteiger partial charge in [-0.1, -0.05) is 19.8 Å². The number of nitrogens with zero attached hydrogens (tertiary/aromatic N) is 1. The number of aldehydes is 1. The van der Waals surface area contributed by atoms with E-state index in [9.17, 15) is 9.90 Å². The molecule has 0 bridgehead atoms. The van der Waals surface area contributed by atoms with Crippen LogP contribution in [0.4, 0.5) is 5.69 Å². The number of hydrogen-bond acceptors (Lipinski definition) is 4. The summed E-state index contributed by atoms with van der Waals surface area (Å²) in [7, 11) is 3.63. The fourth-order valence-electron chi connectivity index (χ4n) is 3.18. The van der Waals surface area contributed by atoms with E-state index in [1.54, 1.807) is 19.2 Å².